The lowest BCUT2D eigenvalue weighted by Crippen LogP contribution is -2.41. The van der Waals surface area contributed by atoms with Gasteiger partial charge in [0.25, 0.3) is 5.91 Å². The Morgan fingerprint density at radius 3 is 2.35 bits per heavy atom. The van der Waals surface area contributed by atoms with Crippen LogP contribution in [0.25, 0.3) is 0 Å². The van der Waals surface area contributed by atoms with E-state index in [0.717, 1.165) is 19.3 Å². The van der Waals surface area contributed by atoms with E-state index in [0.29, 0.717) is 35.4 Å². The molecule has 6 nitrogen and oxygen atoms in total. The van der Waals surface area contributed by atoms with Gasteiger partial charge < -0.3 is 15.4 Å². The van der Waals surface area contributed by atoms with Crippen LogP contribution >= 0.6 is 0 Å². The maximum Gasteiger partial charge on any atom is 0.326 e. The van der Waals surface area contributed by atoms with E-state index in [1.54, 1.807) is 6.92 Å². The first kappa shape index (κ1) is 18.9. The molecular formula is C17H26N2O4. The van der Waals surface area contributed by atoms with E-state index in [4.69, 9.17) is 0 Å². The van der Waals surface area contributed by atoms with Crippen LogP contribution in [0.3, 0.4) is 0 Å². The molecule has 1 rings (SSSR count). The summed E-state index contributed by atoms with van der Waals surface area (Å²) in [4.78, 5) is 38.6. The largest absolute Gasteiger partial charge is 0.480 e. The zero-order valence-corrected chi connectivity index (χ0v) is 14.3. The molecule has 23 heavy (non-hydrogen) atoms. The molecule has 1 atom stereocenters. The molecular weight excluding hydrogens is 296 g/mol. The van der Waals surface area contributed by atoms with Crippen molar-refractivity contribution in [1.82, 2.24) is 10.3 Å². The van der Waals surface area contributed by atoms with Gasteiger partial charge >= 0.3 is 5.97 Å². The van der Waals surface area contributed by atoms with Crippen LogP contribution in [0.4, 0.5) is 0 Å². The van der Waals surface area contributed by atoms with Crippen molar-refractivity contribution in [3.8, 4) is 0 Å². The molecule has 0 fully saturated rings. The smallest absolute Gasteiger partial charge is 0.326 e. The number of rotatable bonds is 9. The van der Waals surface area contributed by atoms with Gasteiger partial charge in [0.2, 0.25) is 0 Å². The lowest BCUT2D eigenvalue weighted by molar-refractivity contribution is -0.139. The van der Waals surface area contributed by atoms with Crippen molar-refractivity contribution in [2.45, 2.75) is 65.8 Å². The summed E-state index contributed by atoms with van der Waals surface area (Å²) >= 11 is 0. The van der Waals surface area contributed by atoms with Crippen LogP contribution in [0.15, 0.2) is 0 Å². The number of carbonyl (C=O) groups excluding carboxylic acids is 2. The van der Waals surface area contributed by atoms with Gasteiger partial charge in [-0.15, -0.1) is 0 Å². The lowest BCUT2D eigenvalue weighted by atomic mass is 10.0. The molecule has 0 aliphatic heterocycles. The fraction of sp³-hybridized carbons (Fsp3) is 0.588. The summed E-state index contributed by atoms with van der Waals surface area (Å²) in [6.07, 6.45) is 3.35. The topological polar surface area (TPSA) is 99.3 Å². The molecule has 0 saturated heterocycles. The number of aromatic amines is 1. The van der Waals surface area contributed by atoms with Crippen LogP contribution in [0, 0.1) is 6.92 Å². The van der Waals surface area contributed by atoms with E-state index >= 15 is 0 Å². The highest BCUT2D eigenvalue weighted by atomic mass is 16.4. The number of Topliss-reactive ketones (excluding diaryl/α,β-unsaturated/α-hetero) is 1. The Bertz CT molecular complexity index is 590. The summed E-state index contributed by atoms with van der Waals surface area (Å²) in [5, 5.41) is 11.8. The number of aliphatic carboxylic acids is 1. The molecule has 1 aromatic heterocycles. The molecule has 0 bridgehead atoms. The summed E-state index contributed by atoms with van der Waals surface area (Å²) < 4.78 is 0. The standard InChI is InChI=1S/C17H26N2O4/c1-5-7-9-13(17(22)23)19-16(21)15-12(8-6-2)14(11(4)20)10(3)18-15/h13,18H,5-9H2,1-4H3,(H,19,21)(H,22,23)/t13-/m0/s1. The summed E-state index contributed by atoms with van der Waals surface area (Å²) in [5.74, 6) is -1.60. The highest BCUT2D eigenvalue weighted by Crippen LogP contribution is 2.21. The fourth-order valence-electron chi connectivity index (χ4n) is 2.74. The van der Waals surface area contributed by atoms with E-state index < -0.39 is 17.9 Å². The maximum absolute atomic E-state index is 12.5. The summed E-state index contributed by atoms with van der Waals surface area (Å²) in [7, 11) is 0. The van der Waals surface area contributed by atoms with E-state index in [-0.39, 0.29) is 5.78 Å². The average molecular weight is 322 g/mol. The van der Waals surface area contributed by atoms with Gasteiger partial charge in [-0.05, 0) is 32.3 Å². The number of hydrogen-bond donors (Lipinski definition) is 3. The first-order valence-corrected chi connectivity index (χ1v) is 8.09. The van der Waals surface area contributed by atoms with Gasteiger partial charge in [-0.1, -0.05) is 33.1 Å². The number of carboxylic acids is 1. The Kier molecular flexibility index (Phi) is 7.00. The minimum atomic E-state index is -1.04. The summed E-state index contributed by atoms with van der Waals surface area (Å²) in [6.45, 7) is 7.15. The molecule has 0 radical (unpaired) electrons. The molecule has 6 heteroatoms. The van der Waals surface area contributed by atoms with Crippen LogP contribution in [0.1, 0.15) is 78.6 Å². The van der Waals surface area contributed by atoms with Crippen molar-refractivity contribution in [1.29, 1.82) is 0 Å². The van der Waals surface area contributed by atoms with Crippen LogP contribution in [-0.2, 0) is 11.2 Å². The third kappa shape index (κ3) is 4.68. The molecule has 1 aromatic rings. The minimum Gasteiger partial charge on any atom is -0.480 e. The van der Waals surface area contributed by atoms with Gasteiger partial charge in [-0.2, -0.15) is 0 Å². The number of ketones is 1. The number of nitrogens with one attached hydrogen (secondary N) is 2. The number of amides is 1. The second-order valence-electron chi connectivity index (χ2n) is 5.79. The maximum atomic E-state index is 12.5. The zero-order chi connectivity index (χ0) is 17.6. The van der Waals surface area contributed by atoms with Gasteiger partial charge in [0.05, 0.1) is 0 Å². The van der Waals surface area contributed by atoms with Crippen LogP contribution < -0.4 is 5.32 Å². The Morgan fingerprint density at radius 1 is 1.22 bits per heavy atom. The second-order valence-corrected chi connectivity index (χ2v) is 5.79. The molecule has 0 aliphatic rings. The monoisotopic (exact) mass is 322 g/mol. The molecule has 0 unspecified atom stereocenters. The quantitative estimate of drug-likeness (QED) is 0.609. The number of hydrogen-bond acceptors (Lipinski definition) is 3. The highest BCUT2D eigenvalue weighted by molar-refractivity contribution is 6.03. The van der Waals surface area contributed by atoms with Crippen molar-refractivity contribution in [2.24, 2.45) is 0 Å². The van der Waals surface area contributed by atoms with E-state index in [2.05, 4.69) is 10.3 Å². The second kappa shape index (κ2) is 8.50. The SMILES string of the molecule is CCCC[C@H](NC(=O)c1[nH]c(C)c(C(C)=O)c1CCC)C(=O)O. The molecule has 0 saturated carbocycles. The zero-order valence-electron chi connectivity index (χ0n) is 14.3. The first-order valence-electron chi connectivity index (χ1n) is 8.09. The van der Waals surface area contributed by atoms with Gasteiger partial charge in [0.15, 0.2) is 5.78 Å². The molecule has 1 heterocycles. The Morgan fingerprint density at radius 2 is 1.87 bits per heavy atom. The Hall–Kier alpha value is -2.11. The number of carbonyl (C=O) groups is 3. The minimum absolute atomic E-state index is 0.0954. The summed E-state index contributed by atoms with van der Waals surface area (Å²) in [5.41, 5.74) is 2.16. The molecule has 0 spiro atoms. The molecule has 1 amide bonds. The van der Waals surface area contributed by atoms with Crippen molar-refractivity contribution in [3.63, 3.8) is 0 Å². The van der Waals surface area contributed by atoms with Gasteiger partial charge in [0, 0.05) is 11.3 Å². The van der Waals surface area contributed by atoms with Gasteiger partial charge in [0.1, 0.15) is 11.7 Å². The third-order valence-corrected chi connectivity index (χ3v) is 3.82. The van der Waals surface area contributed by atoms with E-state index in [9.17, 15) is 19.5 Å². The number of aryl methyl sites for hydroxylation is 1. The Balaban J connectivity index is 3.09. The van der Waals surface area contributed by atoms with Gasteiger partial charge in [-0.25, -0.2) is 4.79 Å². The third-order valence-electron chi connectivity index (χ3n) is 3.82. The van der Waals surface area contributed by atoms with Crippen LogP contribution in [-0.4, -0.2) is 33.8 Å². The normalized spacial score (nSPS) is 12.0. The number of unbranched alkanes of at least 4 members (excludes halogenated alkanes) is 1. The van der Waals surface area contributed by atoms with Crippen molar-refractivity contribution >= 4 is 17.7 Å². The van der Waals surface area contributed by atoms with Crippen molar-refractivity contribution in [2.75, 3.05) is 0 Å². The van der Waals surface area contributed by atoms with Crippen molar-refractivity contribution < 1.29 is 19.5 Å². The molecule has 3 N–H and O–H groups in total. The fourth-order valence-corrected chi connectivity index (χ4v) is 2.74. The van der Waals surface area contributed by atoms with Crippen LogP contribution in [0.2, 0.25) is 0 Å². The molecule has 128 valence electrons. The predicted molar refractivity (Wildman–Crippen MR) is 87.9 cm³/mol. The summed E-state index contributed by atoms with van der Waals surface area (Å²) in [6, 6.07) is -0.915. The molecule has 0 aromatic carbocycles. The van der Waals surface area contributed by atoms with Crippen molar-refractivity contribution in [3.05, 3.63) is 22.5 Å². The Labute approximate surface area is 136 Å². The van der Waals surface area contributed by atoms with Crippen LogP contribution in [0.5, 0.6) is 0 Å². The van der Waals surface area contributed by atoms with E-state index in [1.165, 1.54) is 6.92 Å². The molecule has 0 aliphatic carbocycles. The predicted octanol–water partition coefficient (Wildman–Crippen LogP) is 2.85. The number of carboxylic acid groups (broad SMARTS) is 1. The lowest BCUT2D eigenvalue weighted by Gasteiger charge is -2.14. The average Bonchev–Trinajstić information content (AvgIpc) is 2.80. The number of aromatic nitrogens is 1. The first-order chi connectivity index (χ1) is 10.8. The van der Waals surface area contributed by atoms with E-state index in [1.807, 2.05) is 13.8 Å². The highest BCUT2D eigenvalue weighted by Gasteiger charge is 2.25. The number of H-pyrrole nitrogens is 1. The van der Waals surface area contributed by atoms with Gasteiger partial charge in [-0.3, -0.25) is 9.59 Å².